The molecule has 0 fully saturated rings. The minimum Gasteiger partial charge on any atom is -0.497 e. The van der Waals surface area contributed by atoms with Crippen molar-refractivity contribution in [2.24, 2.45) is 0 Å². The van der Waals surface area contributed by atoms with Gasteiger partial charge < -0.3 is 10.1 Å². The second kappa shape index (κ2) is 9.51. The van der Waals surface area contributed by atoms with E-state index in [1.54, 1.807) is 19.5 Å². The maximum absolute atomic E-state index is 14.6. The number of fused-ring (bicyclic) bond motifs is 1. The molecule has 0 spiro atoms. The zero-order valence-electron chi connectivity index (χ0n) is 18.1. The van der Waals surface area contributed by atoms with Crippen molar-refractivity contribution in [2.75, 3.05) is 7.11 Å². The van der Waals surface area contributed by atoms with Gasteiger partial charge in [-0.3, -0.25) is 9.78 Å². The van der Waals surface area contributed by atoms with E-state index in [-0.39, 0.29) is 12.1 Å². The molecule has 1 unspecified atom stereocenters. The van der Waals surface area contributed by atoms with Crippen LogP contribution in [-0.4, -0.2) is 18.0 Å². The first kappa shape index (κ1) is 23.2. The number of ether oxygens (including phenoxy) is 1. The molecule has 1 atom stereocenters. The Bertz CT molecular complexity index is 1320. The van der Waals surface area contributed by atoms with E-state index in [1.165, 1.54) is 0 Å². The van der Waals surface area contributed by atoms with Crippen molar-refractivity contribution in [3.8, 4) is 16.9 Å². The first-order chi connectivity index (χ1) is 16.3. The molecule has 1 heterocycles. The van der Waals surface area contributed by atoms with Crippen LogP contribution >= 0.6 is 0 Å². The second-order valence-electron chi connectivity index (χ2n) is 7.63. The predicted octanol–water partition coefficient (Wildman–Crippen LogP) is 6.26. The van der Waals surface area contributed by atoms with E-state index in [1.807, 2.05) is 42.5 Å². The van der Waals surface area contributed by atoms with Crippen LogP contribution in [-0.2, 0) is 17.5 Å². The van der Waals surface area contributed by atoms with Crippen LogP contribution in [0.2, 0.25) is 0 Å². The lowest BCUT2D eigenvalue weighted by atomic mass is 9.96. The molecule has 34 heavy (non-hydrogen) atoms. The van der Waals surface area contributed by atoms with E-state index in [0.717, 1.165) is 51.7 Å². The second-order valence-corrected chi connectivity index (χ2v) is 7.63. The molecule has 1 N–H and O–H groups in total. The number of nitrogens with one attached hydrogen (secondary N) is 1. The summed E-state index contributed by atoms with van der Waals surface area (Å²) in [6.07, 6.45) is -3.29. The summed E-state index contributed by atoms with van der Waals surface area (Å²) in [6, 6.07) is 16.6. The molecule has 1 aromatic heterocycles. The van der Waals surface area contributed by atoms with Crippen LogP contribution in [0, 0.1) is 0 Å². The van der Waals surface area contributed by atoms with Gasteiger partial charge in [-0.1, -0.05) is 36.4 Å². The van der Waals surface area contributed by atoms with Gasteiger partial charge in [-0.25, -0.2) is 4.39 Å². The quantitative estimate of drug-likeness (QED) is 0.340. The van der Waals surface area contributed by atoms with E-state index >= 15 is 0 Å². The van der Waals surface area contributed by atoms with Gasteiger partial charge in [0.1, 0.15) is 5.75 Å². The predicted molar refractivity (Wildman–Crippen MR) is 121 cm³/mol. The fourth-order valence-corrected chi connectivity index (χ4v) is 3.71. The number of methoxy groups -OCH3 is 1. The number of hydrogen-bond donors (Lipinski definition) is 1. The molecule has 4 nitrogen and oxygen atoms in total. The van der Waals surface area contributed by atoms with Crippen LogP contribution in [0.4, 0.5) is 17.6 Å². The summed E-state index contributed by atoms with van der Waals surface area (Å²) in [6.45, 7) is 0.0282. The third-order valence-electron chi connectivity index (χ3n) is 5.50. The zero-order valence-corrected chi connectivity index (χ0v) is 18.1. The standard InChI is InChI=1S/C26H20F4N2O2/c1-34-20-4-2-3-17(13-20)21-10-7-18(23-15-31-12-11-22(21)23)14-32-25(33)24(27)16-5-8-19(9-6-16)26(28,29)30/h2-13,15,24H,14H2,1H3,(H,32,33). The highest BCUT2D eigenvalue weighted by atomic mass is 19.4. The molecular formula is C26H20F4N2O2. The van der Waals surface area contributed by atoms with Crippen LogP contribution < -0.4 is 10.1 Å². The Morgan fingerprint density at radius 3 is 2.50 bits per heavy atom. The van der Waals surface area contributed by atoms with Gasteiger partial charge in [-0.2, -0.15) is 13.2 Å². The number of hydrogen-bond acceptors (Lipinski definition) is 3. The molecule has 0 aliphatic heterocycles. The monoisotopic (exact) mass is 468 g/mol. The number of nitrogens with zero attached hydrogens (tertiary/aromatic N) is 1. The maximum atomic E-state index is 14.6. The third kappa shape index (κ3) is 4.85. The van der Waals surface area contributed by atoms with Crippen molar-refractivity contribution in [2.45, 2.75) is 18.9 Å². The topological polar surface area (TPSA) is 51.2 Å². The Morgan fingerprint density at radius 1 is 1.03 bits per heavy atom. The van der Waals surface area contributed by atoms with E-state index in [0.29, 0.717) is 5.75 Å². The van der Waals surface area contributed by atoms with Crippen LogP contribution in [0.5, 0.6) is 5.75 Å². The van der Waals surface area contributed by atoms with Gasteiger partial charge in [0.2, 0.25) is 6.17 Å². The highest BCUT2D eigenvalue weighted by molar-refractivity contribution is 5.98. The van der Waals surface area contributed by atoms with Gasteiger partial charge in [0.25, 0.3) is 5.91 Å². The number of rotatable bonds is 6. The Labute approximate surface area is 193 Å². The van der Waals surface area contributed by atoms with Crippen LogP contribution in [0.1, 0.15) is 22.9 Å². The Kier molecular flexibility index (Phi) is 6.49. The van der Waals surface area contributed by atoms with Crippen molar-refractivity contribution in [3.63, 3.8) is 0 Å². The van der Waals surface area contributed by atoms with Crippen LogP contribution in [0.3, 0.4) is 0 Å². The van der Waals surface area contributed by atoms with Gasteiger partial charge in [0.15, 0.2) is 0 Å². The fraction of sp³-hybridized carbons (Fsp3) is 0.154. The lowest BCUT2D eigenvalue weighted by Gasteiger charge is -2.14. The van der Waals surface area contributed by atoms with Crippen LogP contribution in [0.15, 0.2) is 79.1 Å². The smallest absolute Gasteiger partial charge is 0.416 e. The summed E-state index contributed by atoms with van der Waals surface area (Å²) in [4.78, 5) is 16.5. The lowest BCUT2D eigenvalue weighted by molar-refractivity contribution is -0.137. The van der Waals surface area contributed by atoms with E-state index in [9.17, 15) is 22.4 Å². The molecule has 0 aliphatic rings. The number of halogens is 4. The summed E-state index contributed by atoms with van der Waals surface area (Å²) in [5.74, 6) is -0.220. The molecule has 0 radical (unpaired) electrons. The number of carbonyl (C=O) groups is 1. The maximum Gasteiger partial charge on any atom is 0.416 e. The minimum absolute atomic E-state index is 0.0282. The summed E-state index contributed by atoms with van der Waals surface area (Å²) in [5, 5.41) is 4.21. The SMILES string of the molecule is COc1cccc(-c2ccc(CNC(=O)C(F)c3ccc(C(F)(F)F)cc3)c3cnccc23)c1. The van der Waals surface area contributed by atoms with Gasteiger partial charge in [0, 0.05) is 24.3 Å². The number of pyridine rings is 1. The average molecular weight is 468 g/mol. The molecule has 3 aromatic carbocycles. The van der Waals surface area contributed by atoms with Crippen molar-refractivity contribution in [1.29, 1.82) is 0 Å². The van der Waals surface area contributed by atoms with Crippen molar-refractivity contribution >= 4 is 16.7 Å². The molecule has 174 valence electrons. The van der Waals surface area contributed by atoms with E-state index in [2.05, 4.69) is 10.3 Å². The first-order valence-electron chi connectivity index (χ1n) is 10.4. The molecule has 0 saturated heterocycles. The third-order valence-corrected chi connectivity index (χ3v) is 5.50. The molecule has 8 heteroatoms. The zero-order chi connectivity index (χ0) is 24.3. The summed E-state index contributed by atoms with van der Waals surface area (Å²) in [7, 11) is 1.59. The van der Waals surface area contributed by atoms with E-state index < -0.39 is 23.8 Å². The highest BCUT2D eigenvalue weighted by Gasteiger charge is 2.30. The summed E-state index contributed by atoms with van der Waals surface area (Å²) in [5.41, 5.74) is 1.56. The van der Waals surface area contributed by atoms with Crippen LogP contribution in [0.25, 0.3) is 21.9 Å². The molecule has 1 amide bonds. The van der Waals surface area contributed by atoms with Gasteiger partial charge >= 0.3 is 6.18 Å². The molecule has 4 aromatic rings. The number of amides is 1. The summed E-state index contributed by atoms with van der Waals surface area (Å²) >= 11 is 0. The van der Waals surface area contributed by atoms with Gasteiger partial charge in [-0.05, 0) is 58.0 Å². The Balaban J connectivity index is 1.54. The average Bonchev–Trinajstić information content (AvgIpc) is 2.86. The Morgan fingerprint density at radius 2 is 1.79 bits per heavy atom. The normalized spacial score (nSPS) is 12.4. The van der Waals surface area contributed by atoms with Crippen molar-refractivity contribution in [3.05, 3.63) is 95.8 Å². The summed E-state index contributed by atoms with van der Waals surface area (Å²) < 4.78 is 58.0. The van der Waals surface area contributed by atoms with E-state index in [4.69, 9.17) is 4.74 Å². The molecule has 0 bridgehead atoms. The number of aromatic nitrogens is 1. The first-order valence-corrected chi connectivity index (χ1v) is 10.4. The van der Waals surface area contributed by atoms with Crippen molar-refractivity contribution < 1.29 is 27.1 Å². The minimum atomic E-state index is -4.53. The molecule has 0 saturated carbocycles. The lowest BCUT2D eigenvalue weighted by Crippen LogP contribution is -2.27. The highest BCUT2D eigenvalue weighted by Crippen LogP contribution is 2.33. The molecule has 0 aliphatic carbocycles. The Hall–Kier alpha value is -3.94. The fourth-order valence-electron chi connectivity index (χ4n) is 3.71. The van der Waals surface area contributed by atoms with Gasteiger partial charge in [0.05, 0.1) is 12.7 Å². The number of carbonyl (C=O) groups excluding carboxylic acids is 1. The number of alkyl halides is 4. The molecular weight excluding hydrogens is 448 g/mol. The van der Waals surface area contributed by atoms with Crippen molar-refractivity contribution in [1.82, 2.24) is 10.3 Å². The number of benzene rings is 3. The molecule has 4 rings (SSSR count). The largest absolute Gasteiger partial charge is 0.497 e. The van der Waals surface area contributed by atoms with Gasteiger partial charge in [-0.15, -0.1) is 0 Å².